The number of pyridine rings is 1. The minimum atomic E-state index is -0.795. The SMILES string of the molecule is COc1ccnc(C(=O)C[C@@H](C)C(=O)O[C@@H](C)[C@H](Oc2ccc(Cl)cc2Cl)C(C)C)c1OCOC(C)=O. The summed E-state index contributed by atoms with van der Waals surface area (Å²) in [6.45, 7) is 7.94. The summed E-state index contributed by atoms with van der Waals surface area (Å²) < 4.78 is 27.1. The summed E-state index contributed by atoms with van der Waals surface area (Å²) in [4.78, 5) is 41.0. The Balaban J connectivity index is 2.09. The van der Waals surface area contributed by atoms with Crippen molar-refractivity contribution in [3.8, 4) is 17.2 Å². The van der Waals surface area contributed by atoms with E-state index in [-0.39, 0.29) is 29.5 Å². The number of carbonyl (C=O) groups excluding carboxylic acids is 3. The van der Waals surface area contributed by atoms with E-state index in [2.05, 4.69) is 4.98 Å². The first-order valence-electron chi connectivity index (χ1n) is 11.6. The van der Waals surface area contributed by atoms with Gasteiger partial charge in [0.25, 0.3) is 0 Å². The van der Waals surface area contributed by atoms with Crippen molar-refractivity contribution in [1.82, 2.24) is 4.98 Å². The maximum absolute atomic E-state index is 13.0. The number of carbonyl (C=O) groups is 3. The Labute approximate surface area is 226 Å². The fraction of sp³-hybridized carbons (Fsp3) is 0.462. The van der Waals surface area contributed by atoms with Gasteiger partial charge in [0.05, 0.1) is 18.1 Å². The number of aromatic nitrogens is 1. The zero-order chi connectivity index (χ0) is 27.7. The van der Waals surface area contributed by atoms with E-state index in [4.69, 9.17) is 46.9 Å². The van der Waals surface area contributed by atoms with Gasteiger partial charge >= 0.3 is 11.9 Å². The molecule has 0 fully saturated rings. The van der Waals surface area contributed by atoms with Crippen LogP contribution in [0.5, 0.6) is 17.2 Å². The highest BCUT2D eigenvalue weighted by Crippen LogP contribution is 2.32. The lowest BCUT2D eigenvalue weighted by Gasteiger charge is -2.29. The molecule has 0 saturated carbocycles. The van der Waals surface area contributed by atoms with Gasteiger partial charge in [0.15, 0.2) is 23.0 Å². The van der Waals surface area contributed by atoms with Gasteiger partial charge in [0.2, 0.25) is 6.79 Å². The summed E-state index contributed by atoms with van der Waals surface area (Å²) in [5.41, 5.74) is -0.0556. The normalized spacial score (nSPS) is 13.3. The van der Waals surface area contributed by atoms with Crippen LogP contribution in [-0.2, 0) is 19.1 Å². The van der Waals surface area contributed by atoms with Crippen molar-refractivity contribution in [2.45, 2.75) is 53.2 Å². The Morgan fingerprint density at radius 3 is 2.32 bits per heavy atom. The molecule has 0 radical (unpaired) electrons. The number of hydrogen-bond donors (Lipinski definition) is 0. The van der Waals surface area contributed by atoms with Crippen molar-refractivity contribution in [3.05, 3.63) is 46.2 Å². The van der Waals surface area contributed by atoms with Gasteiger partial charge in [-0.2, -0.15) is 0 Å². The lowest BCUT2D eigenvalue weighted by atomic mass is 10.0. The number of benzene rings is 1. The molecule has 1 aromatic heterocycles. The van der Waals surface area contributed by atoms with Crippen molar-refractivity contribution in [1.29, 1.82) is 0 Å². The first-order chi connectivity index (χ1) is 17.4. The number of Topliss-reactive ketones (excluding diaryl/α,β-unsaturated/α-hetero) is 1. The van der Waals surface area contributed by atoms with E-state index in [1.165, 1.54) is 26.3 Å². The molecule has 37 heavy (non-hydrogen) atoms. The van der Waals surface area contributed by atoms with Crippen LogP contribution in [0.1, 0.15) is 51.5 Å². The second-order valence-electron chi connectivity index (χ2n) is 8.66. The van der Waals surface area contributed by atoms with Gasteiger partial charge in [-0.3, -0.25) is 14.4 Å². The zero-order valence-corrected chi connectivity index (χ0v) is 23.1. The topological polar surface area (TPSA) is 110 Å². The molecular weight excluding hydrogens is 525 g/mol. The highest BCUT2D eigenvalue weighted by molar-refractivity contribution is 6.35. The van der Waals surface area contributed by atoms with Gasteiger partial charge in [-0.05, 0) is 31.0 Å². The molecule has 0 aliphatic heterocycles. The summed E-state index contributed by atoms with van der Waals surface area (Å²) >= 11 is 12.2. The van der Waals surface area contributed by atoms with Crippen molar-refractivity contribution in [2.24, 2.45) is 11.8 Å². The molecule has 1 aromatic carbocycles. The molecular formula is C26H31Cl2NO8. The minimum Gasteiger partial charge on any atom is -0.493 e. The highest BCUT2D eigenvalue weighted by Gasteiger charge is 2.30. The fourth-order valence-corrected chi connectivity index (χ4v) is 3.87. The van der Waals surface area contributed by atoms with Gasteiger partial charge in [-0.1, -0.05) is 44.0 Å². The molecule has 2 aromatic rings. The summed E-state index contributed by atoms with van der Waals surface area (Å²) in [6.07, 6.45) is 0.0231. The Morgan fingerprint density at radius 2 is 1.73 bits per heavy atom. The van der Waals surface area contributed by atoms with Crippen molar-refractivity contribution < 1.29 is 38.1 Å². The lowest BCUT2D eigenvalue weighted by Crippen LogP contribution is -2.39. The second-order valence-corrected chi connectivity index (χ2v) is 9.50. The zero-order valence-electron chi connectivity index (χ0n) is 21.6. The van der Waals surface area contributed by atoms with Gasteiger partial charge in [-0.25, -0.2) is 4.98 Å². The van der Waals surface area contributed by atoms with E-state index in [1.54, 1.807) is 32.0 Å². The molecule has 0 spiro atoms. The number of ether oxygens (including phenoxy) is 5. The number of hydrogen-bond acceptors (Lipinski definition) is 9. The number of halogens is 2. The Hall–Kier alpha value is -3.04. The number of nitrogens with zero attached hydrogens (tertiary/aromatic N) is 1. The average Bonchev–Trinajstić information content (AvgIpc) is 2.82. The molecule has 2 rings (SSSR count). The molecule has 0 aliphatic rings. The second kappa shape index (κ2) is 14.0. The number of rotatable bonds is 13. The van der Waals surface area contributed by atoms with E-state index in [1.807, 2.05) is 13.8 Å². The van der Waals surface area contributed by atoms with Crippen molar-refractivity contribution in [2.75, 3.05) is 13.9 Å². The third-order valence-electron chi connectivity index (χ3n) is 5.29. The van der Waals surface area contributed by atoms with Crippen LogP contribution in [0, 0.1) is 11.8 Å². The van der Waals surface area contributed by atoms with Crippen LogP contribution in [-0.4, -0.2) is 48.8 Å². The van der Waals surface area contributed by atoms with Crippen LogP contribution in [0.25, 0.3) is 0 Å². The summed E-state index contributed by atoms with van der Waals surface area (Å²) in [6, 6.07) is 6.37. The summed E-state index contributed by atoms with van der Waals surface area (Å²) in [5.74, 6) is -1.77. The largest absolute Gasteiger partial charge is 0.493 e. The maximum Gasteiger partial charge on any atom is 0.309 e. The third-order valence-corrected chi connectivity index (χ3v) is 5.82. The molecule has 202 valence electrons. The Bertz CT molecular complexity index is 1110. The quantitative estimate of drug-likeness (QED) is 0.178. The molecule has 0 unspecified atom stereocenters. The molecule has 3 atom stereocenters. The van der Waals surface area contributed by atoms with E-state index < -0.39 is 42.6 Å². The van der Waals surface area contributed by atoms with E-state index in [0.29, 0.717) is 15.8 Å². The van der Waals surface area contributed by atoms with Crippen LogP contribution in [0.15, 0.2) is 30.5 Å². The van der Waals surface area contributed by atoms with Gasteiger partial charge in [-0.15, -0.1) is 0 Å². The van der Waals surface area contributed by atoms with Crippen LogP contribution in [0.3, 0.4) is 0 Å². The van der Waals surface area contributed by atoms with Crippen LogP contribution < -0.4 is 14.2 Å². The summed E-state index contributed by atoms with van der Waals surface area (Å²) in [5, 5.41) is 0.815. The van der Waals surface area contributed by atoms with Gasteiger partial charge in [0, 0.05) is 30.6 Å². The predicted molar refractivity (Wildman–Crippen MR) is 137 cm³/mol. The number of esters is 2. The van der Waals surface area contributed by atoms with Crippen LogP contribution >= 0.6 is 23.2 Å². The summed E-state index contributed by atoms with van der Waals surface area (Å²) in [7, 11) is 1.40. The van der Waals surface area contributed by atoms with Gasteiger partial charge in [0.1, 0.15) is 18.0 Å². The maximum atomic E-state index is 13.0. The van der Waals surface area contributed by atoms with E-state index in [9.17, 15) is 14.4 Å². The minimum absolute atomic E-state index is 0.0123. The predicted octanol–water partition coefficient (Wildman–Crippen LogP) is 5.54. The molecule has 9 nitrogen and oxygen atoms in total. The van der Waals surface area contributed by atoms with Gasteiger partial charge < -0.3 is 23.7 Å². The van der Waals surface area contributed by atoms with E-state index >= 15 is 0 Å². The third kappa shape index (κ3) is 8.79. The monoisotopic (exact) mass is 555 g/mol. The van der Waals surface area contributed by atoms with Crippen molar-refractivity contribution >= 4 is 40.9 Å². The molecule has 0 saturated heterocycles. The highest BCUT2D eigenvalue weighted by atomic mass is 35.5. The standard InChI is InChI=1S/C26H31Cl2NO8/c1-14(2)24(37-21-8-7-18(27)12-19(21)28)16(4)36-26(32)15(3)11-20(31)23-25(35-13-34-17(5)30)22(33-6)9-10-29-23/h7-10,12,14-16,24H,11,13H2,1-6H3/t15-,16+,24-/m1/s1. The smallest absolute Gasteiger partial charge is 0.309 e. The Kier molecular flexibility index (Phi) is 11.5. The molecule has 0 bridgehead atoms. The molecule has 1 heterocycles. The van der Waals surface area contributed by atoms with E-state index in [0.717, 1.165) is 0 Å². The molecule has 0 N–H and O–H groups in total. The number of methoxy groups -OCH3 is 1. The Morgan fingerprint density at radius 1 is 1.03 bits per heavy atom. The molecule has 11 heteroatoms. The van der Waals surface area contributed by atoms with Crippen molar-refractivity contribution in [3.63, 3.8) is 0 Å². The first kappa shape index (κ1) is 30.2. The molecule has 0 aliphatic carbocycles. The number of ketones is 1. The van der Waals surface area contributed by atoms with Crippen LogP contribution in [0.4, 0.5) is 0 Å². The first-order valence-corrected chi connectivity index (χ1v) is 12.3. The van der Waals surface area contributed by atoms with Crippen LogP contribution in [0.2, 0.25) is 10.0 Å². The average molecular weight is 556 g/mol. The lowest BCUT2D eigenvalue weighted by molar-refractivity contribution is -0.158. The molecule has 0 amide bonds. The fourth-order valence-electron chi connectivity index (χ4n) is 3.42.